The third-order valence-electron chi connectivity index (χ3n) is 2.83. The molecule has 1 heterocycles. The summed E-state index contributed by atoms with van der Waals surface area (Å²) in [5.74, 6) is -2.92. The van der Waals surface area contributed by atoms with Crippen LogP contribution in [0, 0.1) is 0 Å². The van der Waals surface area contributed by atoms with E-state index in [1.165, 1.54) is 0 Å². The highest BCUT2D eigenvalue weighted by Crippen LogP contribution is 2.19. The molecule has 0 radical (unpaired) electrons. The maximum atomic E-state index is 11.0. The normalized spacial score (nSPS) is 9.81. The van der Waals surface area contributed by atoms with Crippen LogP contribution in [-0.4, -0.2) is 51.3 Å². The van der Waals surface area contributed by atoms with E-state index in [-0.39, 0.29) is 6.61 Å². The largest absolute Gasteiger partial charge is 0.478 e. The molecule has 26 heavy (non-hydrogen) atoms. The molecule has 142 valence electrons. The van der Waals surface area contributed by atoms with Gasteiger partial charge in [-0.15, -0.1) is 0 Å². The fraction of sp³-hybridized carbons (Fsp3) is 0.235. The number of carboxylic acid groups (broad SMARTS) is 2. The smallest absolute Gasteiger partial charge is 0.328 e. The first-order valence-corrected chi connectivity index (χ1v) is 7.61. The molecule has 9 nitrogen and oxygen atoms in total. The van der Waals surface area contributed by atoms with E-state index in [0.717, 1.165) is 22.9 Å². The fourth-order valence-electron chi connectivity index (χ4n) is 1.84. The van der Waals surface area contributed by atoms with E-state index in [1.807, 2.05) is 12.3 Å². The molecule has 0 aliphatic carbocycles. The second kappa shape index (κ2) is 12.2. The Morgan fingerprint density at radius 2 is 1.69 bits per heavy atom. The summed E-state index contributed by atoms with van der Waals surface area (Å²) in [6, 6.07) is 5.38. The number of aromatic amines is 1. The molecule has 0 unspecified atom stereocenters. The minimum atomic E-state index is -1.26. The molecule has 1 aromatic carbocycles. The number of rotatable bonds is 5. The molecule has 2 aromatic rings. The Labute approximate surface area is 149 Å². The van der Waals surface area contributed by atoms with Crippen LogP contribution >= 0.6 is 0 Å². The molecule has 8 N–H and O–H groups in total. The van der Waals surface area contributed by atoms with Crippen LogP contribution in [0.3, 0.4) is 0 Å². The number of benzene rings is 1. The number of nitrogens with two attached hydrogens (primary N) is 2. The number of nitrogens with one attached hydrogen (secondary N) is 1. The van der Waals surface area contributed by atoms with E-state index in [0.29, 0.717) is 24.3 Å². The summed E-state index contributed by atoms with van der Waals surface area (Å²) in [6.45, 7) is 2.52. The monoisotopic (exact) mass is 365 g/mol. The lowest BCUT2D eigenvalue weighted by Gasteiger charge is -1.98. The molecule has 1 amide bonds. The van der Waals surface area contributed by atoms with Gasteiger partial charge in [-0.05, 0) is 43.7 Å². The Morgan fingerprint density at radius 3 is 2.12 bits per heavy atom. The molecule has 9 heteroatoms. The zero-order valence-electron chi connectivity index (χ0n) is 14.3. The first kappa shape index (κ1) is 22.8. The van der Waals surface area contributed by atoms with Crippen LogP contribution in [0.4, 0.5) is 0 Å². The lowest BCUT2D eigenvalue weighted by atomic mass is 10.1. The maximum absolute atomic E-state index is 11.0. The van der Waals surface area contributed by atoms with Crippen molar-refractivity contribution in [2.24, 2.45) is 11.5 Å². The summed E-state index contributed by atoms with van der Waals surface area (Å²) in [7, 11) is 0. The predicted molar refractivity (Wildman–Crippen MR) is 96.7 cm³/mol. The zero-order valence-corrected chi connectivity index (χ0v) is 14.3. The minimum Gasteiger partial charge on any atom is -0.478 e. The van der Waals surface area contributed by atoms with Crippen molar-refractivity contribution in [3.8, 4) is 0 Å². The molecule has 0 fully saturated rings. The highest BCUT2D eigenvalue weighted by molar-refractivity contribution is 5.97. The maximum Gasteiger partial charge on any atom is 0.328 e. The summed E-state index contributed by atoms with van der Waals surface area (Å²) in [6.07, 6.45) is 3.83. The molecule has 2 rings (SSSR count). The van der Waals surface area contributed by atoms with E-state index in [1.54, 1.807) is 19.1 Å². The number of carbonyl (C=O) groups is 3. The van der Waals surface area contributed by atoms with Gasteiger partial charge in [-0.1, -0.05) is 0 Å². The van der Waals surface area contributed by atoms with Crippen LogP contribution in [-0.2, 0) is 16.0 Å². The van der Waals surface area contributed by atoms with Crippen molar-refractivity contribution in [1.29, 1.82) is 0 Å². The summed E-state index contributed by atoms with van der Waals surface area (Å²) in [5.41, 5.74) is 13.4. The van der Waals surface area contributed by atoms with Gasteiger partial charge in [0.05, 0.1) is 0 Å². The number of carbonyl (C=O) groups excluding carboxylic acids is 1. The van der Waals surface area contributed by atoms with Gasteiger partial charge in [0.1, 0.15) is 0 Å². The predicted octanol–water partition coefficient (Wildman–Crippen LogP) is 0.478. The van der Waals surface area contributed by atoms with E-state index >= 15 is 0 Å². The Kier molecular flexibility index (Phi) is 10.7. The van der Waals surface area contributed by atoms with Gasteiger partial charge < -0.3 is 31.8 Å². The van der Waals surface area contributed by atoms with Gasteiger partial charge in [0.2, 0.25) is 5.91 Å². The van der Waals surface area contributed by atoms with Gasteiger partial charge in [0, 0.05) is 41.4 Å². The van der Waals surface area contributed by atoms with E-state index in [4.69, 9.17) is 26.8 Å². The van der Waals surface area contributed by atoms with Crippen molar-refractivity contribution >= 4 is 28.7 Å². The fourth-order valence-corrected chi connectivity index (χ4v) is 1.84. The van der Waals surface area contributed by atoms with Crippen molar-refractivity contribution < 1.29 is 29.7 Å². The standard InChI is InChI=1S/C11H13N3O.C4H4O4.C2H6O/c12-4-3-8-6-14-10-2-1-7(11(13)15)5-9(8)10;5-3(6)1-2-4(7)8;1-2-3/h1-2,5-6,14H,3-4,12H2,(H2,13,15);1-2H,(H,5,6)(H,7,8);3H,2H2,1H3/b;2-1+;. The number of aliphatic hydroxyl groups excluding tert-OH is 1. The van der Waals surface area contributed by atoms with Gasteiger partial charge in [-0.25, -0.2) is 9.59 Å². The first-order chi connectivity index (χ1) is 12.3. The SMILES string of the molecule is CCO.NCCc1c[nH]c2ccc(C(N)=O)cc12.O=C(O)/C=C/C(=O)O. The van der Waals surface area contributed by atoms with E-state index in [9.17, 15) is 14.4 Å². The Balaban J connectivity index is 0.000000483. The highest BCUT2D eigenvalue weighted by atomic mass is 16.4. The van der Waals surface area contributed by atoms with Crippen molar-refractivity contribution in [1.82, 2.24) is 4.98 Å². The summed E-state index contributed by atoms with van der Waals surface area (Å²) in [5, 5.41) is 24.2. The molecule has 0 saturated carbocycles. The number of primary amides is 1. The number of aliphatic hydroxyl groups is 1. The number of fused-ring (bicyclic) bond motifs is 1. The number of carboxylic acids is 2. The average molecular weight is 365 g/mol. The van der Waals surface area contributed by atoms with Gasteiger partial charge in [-0.3, -0.25) is 4.79 Å². The molecule has 0 atom stereocenters. The van der Waals surface area contributed by atoms with Crippen molar-refractivity contribution in [2.45, 2.75) is 13.3 Å². The number of H-pyrrole nitrogens is 1. The average Bonchev–Trinajstić information content (AvgIpc) is 2.97. The quantitative estimate of drug-likeness (QED) is 0.417. The van der Waals surface area contributed by atoms with Crippen LogP contribution in [0.25, 0.3) is 10.9 Å². The second-order valence-corrected chi connectivity index (χ2v) is 4.80. The second-order valence-electron chi connectivity index (χ2n) is 4.80. The molecule has 0 aliphatic rings. The number of hydrogen-bond donors (Lipinski definition) is 6. The van der Waals surface area contributed by atoms with Crippen LogP contribution in [0.2, 0.25) is 0 Å². The highest BCUT2D eigenvalue weighted by Gasteiger charge is 2.06. The van der Waals surface area contributed by atoms with Gasteiger partial charge in [-0.2, -0.15) is 0 Å². The molecular formula is C17H23N3O6. The van der Waals surface area contributed by atoms with Crippen LogP contribution in [0.1, 0.15) is 22.8 Å². The lowest BCUT2D eigenvalue weighted by Crippen LogP contribution is -2.10. The van der Waals surface area contributed by atoms with E-state index < -0.39 is 17.8 Å². The van der Waals surface area contributed by atoms with Gasteiger partial charge in [0.25, 0.3) is 0 Å². The van der Waals surface area contributed by atoms with Gasteiger partial charge >= 0.3 is 11.9 Å². The molecule has 0 aliphatic heterocycles. The topological polar surface area (TPSA) is 180 Å². The van der Waals surface area contributed by atoms with Gasteiger partial charge in [0.15, 0.2) is 0 Å². The van der Waals surface area contributed by atoms with Crippen molar-refractivity contribution in [3.05, 3.63) is 47.7 Å². The Bertz CT molecular complexity index is 751. The summed E-state index contributed by atoms with van der Waals surface area (Å²) >= 11 is 0. The lowest BCUT2D eigenvalue weighted by molar-refractivity contribution is -0.134. The first-order valence-electron chi connectivity index (χ1n) is 7.61. The number of amides is 1. The number of aliphatic carboxylic acids is 2. The molecule has 0 bridgehead atoms. The Hall–Kier alpha value is -3.17. The summed E-state index contributed by atoms with van der Waals surface area (Å²) in [4.78, 5) is 33.3. The summed E-state index contributed by atoms with van der Waals surface area (Å²) < 4.78 is 0. The molecular weight excluding hydrogens is 342 g/mol. The Morgan fingerprint density at radius 1 is 1.15 bits per heavy atom. The molecule has 0 saturated heterocycles. The van der Waals surface area contributed by atoms with Crippen LogP contribution in [0.15, 0.2) is 36.5 Å². The minimum absolute atomic E-state index is 0.250. The third kappa shape index (κ3) is 8.62. The third-order valence-corrected chi connectivity index (χ3v) is 2.83. The number of aromatic nitrogens is 1. The van der Waals surface area contributed by atoms with Crippen molar-refractivity contribution in [3.63, 3.8) is 0 Å². The van der Waals surface area contributed by atoms with E-state index in [2.05, 4.69) is 4.98 Å². The van der Waals surface area contributed by atoms with Crippen LogP contribution in [0.5, 0.6) is 0 Å². The van der Waals surface area contributed by atoms with Crippen LogP contribution < -0.4 is 11.5 Å². The van der Waals surface area contributed by atoms with Crippen molar-refractivity contribution in [2.75, 3.05) is 13.2 Å². The zero-order chi connectivity index (χ0) is 20.1. The molecule has 0 spiro atoms. The molecule has 1 aromatic heterocycles. The number of hydrogen-bond acceptors (Lipinski definition) is 5.